The number of benzene rings is 2. The molecule has 5 nitrogen and oxygen atoms in total. The molecule has 3 aromatic rings. The minimum atomic E-state index is -0.126. The number of nitrogens with one attached hydrogen (secondary N) is 1. The van der Waals surface area contributed by atoms with Gasteiger partial charge in [0.15, 0.2) is 5.82 Å². The fourth-order valence-electron chi connectivity index (χ4n) is 3.46. The normalized spacial score (nSPS) is 13.2. The third kappa shape index (κ3) is 3.69. The molecule has 0 radical (unpaired) electrons. The van der Waals surface area contributed by atoms with Crippen LogP contribution in [0.25, 0.3) is 0 Å². The van der Waals surface area contributed by atoms with E-state index in [0.29, 0.717) is 6.54 Å². The molecule has 0 aliphatic carbocycles. The molecule has 0 fully saturated rings. The topological polar surface area (TPSA) is 48.5 Å². The number of hydrogen-bond acceptors (Lipinski definition) is 3. The van der Waals surface area contributed by atoms with Crippen molar-refractivity contribution in [2.75, 3.05) is 28.2 Å². The van der Waals surface area contributed by atoms with Crippen molar-refractivity contribution >= 4 is 23.2 Å². The summed E-state index contributed by atoms with van der Waals surface area (Å²) in [5.74, 6) is 0.842. The number of nitrogens with zero attached hydrogens (tertiary/aromatic N) is 3. The van der Waals surface area contributed by atoms with Crippen LogP contribution >= 0.6 is 0 Å². The van der Waals surface area contributed by atoms with E-state index >= 15 is 0 Å². The molecule has 1 N–H and O–H groups in total. The SMILES string of the molecule is Cc1ccc(CN2CCN(C(=O)Nc3ccccc3C)c3cccnc32)cc1. The molecule has 0 spiro atoms. The Hall–Kier alpha value is -3.34. The number of amides is 2. The number of carbonyl (C=O) groups excluding carboxylic acids is 1. The second-order valence-electron chi connectivity index (χ2n) is 7.15. The predicted molar refractivity (Wildman–Crippen MR) is 114 cm³/mol. The number of fused-ring (bicyclic) bond motifs is 1. The molecule has 28 heavy (non-hydrogen) atoms. The van der Waals surface area contributed by atoms with Crippen molar-refractivity contribution in [1.82, 2.24) is 4.98 Å². The van der Waals surface area contributed by atoms with Crippen LogP contribution in [0.3, 0.4) is 0 Å². The summed E-state index contributed by atoms with van der Waals surface area (Å²) in [5.41, 5.74) is 5.20. The monoisotopic (exact) mass is 372 g/mol. The highest BCUT2D eigenvalue weighted by Gasteiger charge is 2.28. The van der Waals surface area contributed by atoms with Crippen LogP contribution in [0.2, 0.25) is 0 Å². The van der Waals surface area contributed by atoms with Crippen molar-refractivity contribution in [3.63, 3.8) is 0 Å². The molecule has 1 aromatic heterocycles. The van der Waals surface area contributed by atoms with E-state index in [1.165, 1.54) is 11.1 Å². The number of hydrogen-bond donors (Lipinski definition) is 1. The van der Waals surface area contributed by atoms with E-state index in [9.17, 15) is 4.79 Å². The van der Waals surface area contributed by atoms with Gasteiger partial charge in [-0.05, 0) is 43.2 Å². The first-order valence-electron chi connectivity index (χ1n) is 9.51. The van der Waals surface area contributed by atoms with Gasteiger partial charge in [0.2, 0.25) is 0 Å². The van der Waals surface area contributed by atoms with Gasteiger partial charge in [0.05, 0.1) is 5.69 Å². The van der Waals surface area contributed by atoms with Gasteiger partial charge in [0, 0.05) is 31.5 Å². The zero-order chi connectivity index (χ0) is 19.5. The fourth-order valence-corrected chi connectivity index (χ4v) is 3.46. The highest BCUT2D eigenvalue weighted by atomic mass is 16.2. The summed E-state index contributed by atoms with van der Waals surface area (Å²) < 4.78 is 0. The van der Waals surface area contributed by atoms with Crippen LogP contribution in [-0.4, -0.2) is 24.1 Å². The minimum absolute atomic E-state index is 0.126. The van der Waals surface area contributed by atoms with Crippen molar-refractivity contribution in [1.29, 1.82) is 0 Å². The summed E-state index contributed by atoms with van der Waals surface area (Å²) in [6.45, 7) is 6.20. The number of para-hydroxylation sites is 1. The summed E-state index contributed by atoms with van der Waals surface area (Å²) in [4.78, 5) is 21.5. The Morgan fingerprint density at radius 2 is 1.79 bits per heavy atom. The van der Waals surface area contributed by atoms with E-state index in [1.54, 1.807) is 11.1 Å². The maximum atomic E-state index is 13.0. The molecule has 0 unspecified atom stereocenters. The highest BCUT2D eigenvalue weighted by Crippen LogP contribution is 2.32. The van der Waals surface area contributed by atoms with Gasteiger partial charge in [0.25, 0.3) is 0 Å². The Kier molecular flexibility index (Phi) is 4.98. The lowest BCUT2D eigenvalue weighted by Crippen LogP contribution is -2.46. The first kappa shape index (κ1) is 18.0. The molecule has 2 amide bonds. The van der Waals surface area contributed by atoms with Crippen LogP contribution in [0.1, 0.15) is 16.7 Å². The smallest absolute Gasteiger partial charge is 0.326 e. The van der Waals surface area contributed by atoms with Gasteiger partial charge in [0.1, 0.15) is 0 Å². The van der Waals surface area contributed by atoms with Gasteiger partial charge < -0.3 is 10.2 Å². The number of aromatic nitrogens is 1. The van der Waals surface area contributed by atoms with Gasteiger partial charge in [-0.2, -0.15) is 0 Å². The number of carbonyl (C=O) groups is 1. The molecule has 0 atom stereocenters. The maximum absolute atomic E-state index is 13.0. The van der Waals surface area contributed by atoms with E-state index in [4.69, 9.17) is 0 Å². The number of aryl methyl sites for hydroxylation is 2. The molecule has 1 aliphatic heterocycles. The largest absolute Gasteiger partial charge is 0.349 e. The van der Waals surface area contributed by atoms with E-state index in [0.717, 1.165) is 35.8 Å². The third-order valence-corrected chi connectivity index (χ3v) is 5.08. The minimum Gasteiger partial charge on any atom is -0.349 e. The van der Waals surface area contributed by atoms with Crippen LogP contribution in [-0.2, 0) is 6.54 Å². The summed E-state index contributed by atoms with van der Waals surface area (Å²) in [7, 11) is 0. The Labute approximate surface area is 165 Å². The number of anilines is 3. The first-order chi connectivity index (χ1) is 13.6. The molecule has 5 heteroatoms. The zero-order valence-corrected chi connectivity index (χ0v) is 16.2. The quantitative estimate of drug-likeness (QED) is 0.721. The van der Waals surface area contributed by atoms with Crippen LogP contribution in [0.4, 0.5) is 22.0 Å². The number of rotatable bonds is 3. The molecule has 0 saturated heterocycles. The Bertz CT molecular complexity index is 984. The maximum Gasteiger partial charge on any atom is 0.326 e. The van der Waals surface area contributed by atoms with Gasteiger partial charge in [-0.3, -0.25) is 4.90 Å². The second kappa shape index (κ2) is 7.72. The van der Waals surface area contributed by atoms with Gasteiger partial charge in [-0.15, -0.1) is 0 Å². The molecular formula is C23H24N4O. The lowest BCUT2D eigenvalue weighted by atomic mass is 10.1. The standard InChI is InChI=1S/C23H24N4O/c1-17-9-11-19(12-10-17)16-26-14-15-27(21-8-5-13-24-22(21)26)23(28)25-20-7-4-3-6-18(20)2/h3-13H,14-16H2,1-2H3,(H,25,28). The van der Waals surface area contributed by atoms with Gasteiger partial charge in [-0.1, -0.05) is 48.0 Å². The second-order valence-corrected chi connectivity index (χ2v) is 7.15. The lowest BCUT2D eigenvalue weighted by molar-refractivity contribution is 0.256. The predicted octanol–water partition coefficient (Wildman–Crippen LogP) is 4.76. The van der Waals surface area contributed by atoms with E-state index in [2.05, 4.69) is 46.4 Å². The number of urea groups is 1. The zero-order valence-electron chi connectivity index (χ0n) is 16.2. The fraction of sp³-hybridized carbons (Fsp3) is 0.217. The van der Waals surface area contributed by atoms with E-state index in [1.807, 2.05) is 43.3 Å². The molecule has 0 saturated carbocycles. The van der Waals surface area contributed by atoms with Crippen molar-refractivity contribution in [3.8, 4) is 0 Å². The first-order valence-corrected chi connectivity index (χ1v) is 9.51. The molecule has 2 heterocycles. The average molecular weight is 372 g/mol. The summed E-state index contributed by atoms with van der Waals surface area (Å²) >= 11 is 0. The number of pyridine rings is 1. The van der Waals surface area contributed by atoms with Crippen molar-refractivity contribution in [2.45, 2.75) is 20.4 Å². The van der Waals surface area contributed by atoms with Crippen molar-refractivity contribution in [3.05, 3.63) is 83.6 Å². The molecule has 1 aliphatic rings. The Morgan fingerprint density at radius 1 is 1.00 bits per heavy atom. The van der Waals surface area contributed by atoms with Crippen LogP contribution in [0.5, 0.6) is 0 Å². The summed E-state index contributed by atoms with van der Waals surface area (Å²) in [6.07, 6.45) is 1.78. The van der Waals surface area contributed by atoms with E-state index < -0.39 is 0 Å². The van der Waals surface area contributed by atoms with Crippen LogP contribution in [0.15, 0.2) is 66.9 Å². The Balaban J connectivity index is 1.56. The highest BCUT2D eigenvalue weighted by molar-refractivity contribution is 6.04. The molecular weight excluding hydrogens is 348 g/mol. The van der Waals surface area contributed by atoms with Gasteiger partial charge >= 0.3 is 6.03 Å². The molecule has 0 bridgehead atoms. The Morgan fingerprint density at radius 3 is 2.57 bits per heavy atom. The van der Waals surface area contributed by atoms with Gasteiger partial charge in [-0.25, -0.2) is 9.78 Å². The summed E-state index contributed by atoms with van der Waals surface area (Å²) in [6, 6.07) is 20.1. The van der Waals surface area contributed by atoms with Crippen molar-refractivity contribution < 1.29 is 4.79 Å². The van der Waals surface area contributed by atoms with E-state index in [-0.39, 0.29) is 6.03 Å². The van der Waals surface area contributed by atoms with Crippen molar-refractivity contribution in [2.24, 2.45) is 0 Å². The van der Waals surface area contributed by atoms with Crippen LogP contribution in [0, 0.1) is 13.8 Å². The summed E-state index contributed by atoms with van der Waals surface area (Å²) in [5, 5.41) is 3.03. The van der Waals surface area contributed by atoms with Crippen LogP contribution < -0.4 is 15.1 Å². The molecule has 4 rings (SSSR count). The molecule has 142 valence electrons. The molecule has 2 aromatic carbocycles. The average Bonchev–Trinajstić information content (AvgIpc) is 2.71. The lowest BCUT2D eigenvalue weighted by Gasteiger charge is -2.36. The third-order valence-electron chi connectivity index (χ3n) is 5.08.